The van der Waals surface area contributed by atoms with E-state index in [2.05, 4.69) is 62.3 Å². The van der Waals surface area contributed by atoms with Gasteiger partial charge in [0.25, 0.3) is 0 Å². The Kier molecular flexibility index (Phi) is 5.52. The third kappa shape index (κ3) is 3.08. The summed E-state index contributed by atoms with van der Waals surface area (Å²) >= 11 is 8.82. The van der Waals surface area contributed by atoms with Crippen LogP contribution in [0.1, 0.15) is 0 Å². The predicted octanol–water partition coefficient (Wildman–Crippen LogP) is 3.48. The summed E-state index contributed by atoms with van der Waals surface area (Å²) in [6.07, 6.45) is 0. The normalized spacial score (nSPS) is 9.79. The number of fused-ring (bicyclic) bond motifs is 3. The molecular weight excluding hydrogens is 422 g/mol. The first kappa shape index (κ1) is 15.1. The SMILES string of the molecule is [CH3][Sn+2][CH3].[S-]c1c([Se-])c2ccccc2c2ccccc12. The molecule has 0 aliphatic heterocycles. The molecule has 0 aliphatic carbocycles. The molecular formula is C16H14SSeSn. The molecule has 0 amide bonds. The third-order valence-corrected chi connectivity index (χ3v) is 4.45. The summed E-state index contributed by atoms with van der Waals surface area (Å²) in [7, 11) is 0. The number of hydrogen-bond donors (Lipinski definition) is 0. The van der Waals surface area contributed by atoms with Crippen molar-refractivity contribution in [2.24, 2.45) is 0 Å². The van der Waals surface area contributed by atoms with Crippen LogP contribution in [0.3, 0.4) is 0 Å². The van der Waals surface area contributed by atoms with Crippen LogP contribution in [0.5, 0.6) is 0 Å². The first-order valence-electron chi connectivity index (χ1n) is 6.06. The molecule has 3 aromatic carbocycles. The summed E-state index contributed by atoms with van der Waals surface area (Å²) in [5.74, 6) is 0. The van der Waals surface area contributed by atoms with Gasteiger partial charge in [0.05, 0.1) is 0 Å². The molecule has 0 saturated heterocycles. The second-order valence-corrected chi connectivity index (χ2v) is 8.37. The van der Waals surface area contributed by atoms with Crippen molar-refractivity contribution in [1.82, 2.24) is 0 Å². The molecule has 0 unspecified atom stereocenters. The zero-order valence-corrected chi connectivity index (χ0v) is 16.3. The molecule has 19 heavy (non-hydrogen) atoms. The van der Waals surface area contributed by atoms with Gasteiger partial charge in [-0.15, -0.1) is 0 Å². The first-order valence-corrected chi connectivity index (χ1v) is 13.0. The summed E-state index contributed by atoms with van der Waals surface area (Å²) in [5.41, 5.74) is 0. The van der Waals surface area contributed by atoms with Gasteiger partial charge in [0.1, 0.15) is 0 Å². The fraction of sp³-hybridized carbons (Fsp3) is 0.125. The maximum atomic E-state index is 5.49. The van der Waals surface area contributed by atoms with Crippen molar-refractivity contribution in [1.29, 1.82) is 0 Å². The summed E-state index contributed by atoms with van der Waals surface area (Å²) in [5, 5.41) is 4.87. The van der Waals surface area contributed by atoms with Gasteiger partial charge < -0.3 is 0 Å². The van der Waals surface area contributed by atoms with Crippen molar-refractivity contribution < 1.29 is 0 Å². The Balaban J connectivity index is 0.000000408. The van der Waals surface area contributed by atoms with Crippen LogP contribution in [0.15, 0.2) is 53.4 Å². The summed E-state index contributed by atoms with van der Waals surface area (Å²) < 4.78 is 1.09. The van der Waals surface area contributed by atoms with Crippen LogP contribution in [0, 0.1) is 0 Å². The minimum absolute atomic E-state index is 0.230. The van der Waals surface area contributed by atoms with E-state index in [9.17, 15) is 0 Å². The average molecular weight is 436 g/mol. The van der Waals surface area contributed by atoms with Gasteiger partial charge in [-0.3, -0.25) is 0 Å². The quantitative estimate of drug-likeness (QED) is 0.296. The van der Waals surface area contributed by atoms with E-state index in [4.69, 9.17) is 12.6 Å². The Morgan fingerprint density at radius 3 is 1.68 bits per heavy atom. The van der Waals surface area contributed by atoms with E-state index < -0.39 is 0 Å². The van der Waals surface area contributed by atoms with Crippen LogP contribution in [0.4, 0.5) is 0 Å². The van der Waals surface area contributed by atoms with E-state index in [1.807, 2.05) is 12.1 Å². The zero-order chi connectivity index (χ0) is 13.8. The van der Waals surface area contributed by atoms with E-state index in [0.29, 0.717) is 0 Å². The Hall–Kier alpha value is -0.282. The molecule has 94 valence electrons. The molecule has 0 radical (unpaired) electrons. The number of benzene rings is 3. The topological polar surface area (TPSA) is 0 Å². The summed E-state index contributed by atoms with van der Waals surface area (Å²) in [4.78, 5) is 5.52. The van der Waals surface area contributed by atoms with Gasteiger partial charge in [-0.1, -0.05) is 0 Å². The van der Waals surface area contributed by atoms with E-state index >= 15 is 0 Å². The Labute approximate surface area is 138 Å². The molecule has 3 aromatic rings. The van der Waals surface area contributed by atoms with Gasteiger partial charge in [0.15, 0.2) is 0 Å². The zero-order valence-electron chi connectivity index (χ0n) is 10.9. The minimum atomic E-state index is 0.230. The molecule has 0 nitrogen and oxygen atoms in total. The van der Waals surface area contributed by atoms with Crippen LogP contribution < -0.4 is 4.46 Å². The summed E-state index contributed by atoms with van der Waals surface area (Å²) in [6, 6.07) is 16.7. The van der Waals surface area contributed by atoms with Crippen molar-refractivity contribution in [3.63, 3.8) is 0 Å². The van der Waals surface area contributed by atoms with Gasteiger partial charge in [-0.25, -0.2) is 0 Å². The molecule has 3 rings (SSSR count). The fourth-order valence-electron chi connectivity index (χ4n) is 2.08. The number of rotatable bonds is 0. The summed E-state index contributed by atoms with van der Waals surface area (Å²) in [6.45, 7) is 0. The molecule has 0 bridgehead atoms. The average Bonchev–Trinajstić information content (AvgIpc) is 2.46. The van der Waals surface area contributed by atoms with Crippen LogP contribution >= 0.6 is 0 Å². The van der Waals surface area contributed by atoms with Gasteiger partial charge in [-0.05, 0) is 0 Å². The standard InChI is InChI=1S/C14H10SSe.2CH3.Sn/c15-13-11-7-3-1-5-9(11)10-6-2-4-8-12(10)14(13)16;;;/h1-8,15-16H;2*1H3;/q;;;+2/p-2. The molecule has 0 spiro atoms. The van der Waals surface area contributed by atoms with E-state index in [1.54, 1.807) is 0 Å². The molecule has 0 atom stereocenters. The second kappa shape index (κ2) is 6.94. The van der Waals surface area contributed by atoms with Crippen LogP contribution in [-0.4, -0.2) is 37.2 Å². The maximum absolute atomic E-state index is 5.49. The van der Waals surface area contributed by atoms with Crippen LogP contribution in [-0.2, 0) is 12.6 Å². The molecule has 0 saturated carbocycles. The third-order valence-electron chi connectivity index (χ3n) is 2.84. The van der Waals surface area contributed by atoms with Crippen LogP contribution in [0.25, 0.3) is 21.5 Å². The van der Waals surface area contributed by atoms with Crippen LogP contribution in [0.2, 0.25) is 9.88 Å². The Morgan fingerprint density at radius 2 is 1.16 bits per heavy atom. The monoisotopic (exact) mass is 438 g/mol. The van der Waals surface area contributed by atoms with Gasteiger partial charge >= 0.3 is 139 Å². The molecule has 0 fully saturated rings. The van der Waals surface area contributed by atoms with Crippen molar-refractivity contribution in [2.75, 3.05) is 0 Å². The Bertz CT molecular complexity index is 649. The van der Waals surface area contributed by atoms with Crippen molar-refractivity contribution >= 4 is 75.8 Å². The van der Waals surface area contributed by atoms with E-state index in [0.717, 1.165) is 14.7 Å². The number of hydrogen-bond acceptors (Lipinski definition) is 1. The first-order chi connectivity index (χ1) is 9.20. The molecule has 0 heterocycles. The van der Waals surface area contributed by atoms with E-state index in [1.165, 1.54) is 16.2 Å². The van der Waals surface area contributed by atoms with Crippen molar-refractivity contribution in [2.45, 2.75) is 14.8 Å². The predicted molar refractivity (Wildman–Crippen MR) is 90.0 cm³/mol. The van der Waals surface area contributed by atoms with Gasteiger partial charge in [0, 0.05) is 0 Å². The Morgan fingerprint density at radius 1 is 0.789 bits per heavy atom. The van der Waals surface area contributed by atoms with E-state index in [-0.39, 0.29) is 21.1 Å². The van der Waals surface area contributed by atoms with Gasteiger partial charge in [0.2, 0.25) is 0 Å². The molecule has 0 aliphatic rings. The molecule has 3 heteroatoms. The molecule has 0 N–H and O–H groups in total. The fourth-order valence-corrected chi connectivity index (χ4v) is 2.97. The van der Waals surface area contributed by atoms with Gasteiger partial charge in [-0.2, -0.15) is 0 Å². The van der Waals surface area contributed by atoms with Crippen molar-refractivity contribution in [3.05, 3.63) is 48.5 Å². The second-order valence-electron chi connectivity index (χ2n) is 4.25. The van der Waals surface area contributed by atoms with Crippen molar-refractivity contribution in [3.8, 4) is 0 Å². The molecule has 0 aromatic heterocycles.